The summed E-state index contributed by atoms with van der Waals surface area (Å²) < 4.78 is 6.05. The Bertz CT molecular complexity index is 824. The van der Waals surface area contributed by atoms with Crippen LogP contribution in [0.5, 0.6) is 11.5 Å². The van der Waals surface area contributed by atoms with Crippen molar-refractivity contribution in [3.8, 4) is 22.6 Å². The largest absolute Gasteiger partial charge is 0.457 e. The van der Waals surface area contributed by atoms with Crippen LogP contribution in [0.2, 0.25) is 0 Å². The molecule has 1 aliphatic heterocycles. The van der Waals surface area contributed by atoms with Gasteiger partial charge in [0, 0.05) is 13.1 Å². The molecule has 1 heterocycles. The fraction of sp³-hybridized carbons (Fsp3) is 0.182. The molecule has 0 spiro atoms. The van der Waals surface area contributed by atoms with E-state index in [0.717, 1.165) is 31.0 Å². The molecule has 120 valence electrons. The van der Waals surface area contributed by atoms with E-state index in [-0.39, 0.29) is 0 Å². The summed E-state index contributed by atoms with van der Waals surface area (Å²) >= 11 is 0. The highest BCUT2D eigenvalue weighted by atomic mass is 16.5. The summed E-state index contributed by atoms with van der Waals surface area (Å²) in [5.74, 6) is 1.80. The maximum Gasteiger partial charge on any atom is 0.127 e. The zero-order chi connectivity index (χ0) is 16.4. The minimum atomic E-state index is 0.877. The molecule has 0 bridgehead atoms. The van der Waals surface area contributed by atoms with E-state index in [4.69, 9.17) is 4.74 Å². The third-order valence-electron chi connectivity index (χ3n) is 4.58. The molecule has 0 aliphatic carbocycles. The smallest absolute Gasteiger partial charge is 0.127 e. The summed E-state index contributed by atoms with van der Waals surface area (Å²) in [6.07, 6.45) is 1.09. The first-order chi connectivity index (χ1) is 11.8. The maximum atomic E-state index is 6.05. The van der Waals surface area contributed by atoms with Gasteiger partial charge in [-0.2, -0.15) is 0 Å². The van der Waals surface area contributed by atoms with Crippen molar-refractivity contribution in [1.29, 1.82) is 0 Å². The molecule has 1 aliphatic rings. The minimum absolute atomic E-state index is 0.877. The van der Waals surface area contributed by atoms with E-state index in [9.17, 15) is 0 Å². The molecule has 3 aromatic rings. The number of hydrogen-bond acceptors (Lipinski definition) is 2. The normalized spacial score (nSPS) is 14.2. The standard InChI is InChI=1S/C22H21NO/c1-23-14-13-19-15-22(12-9-20(19)16-23)24-21-10-7-18(8-11-21)17-5-3-2-4-6-17/h2-12,15H,13-14,16H2,1H3. The van der Waals surface area contributed by atoms with Crippen molar-refractivity contribution in [1.82, 2.24) is 4.90 Å². The molecule has 0 unspecified atom stereocenters. The van der Waals surface area contributed by atoms with E-state index in [0.29, 0.717) is 0 Å². The predicted octanol–water partition coefficient (Wildman–Crippen LogP) is 5.13. The summed E-state index contributed by atoms with van der Waals surface area (Å²) in [5.41, 5.74) is 5.25. The quantitative estimate of drug-likeness (QED) is 0.664. The molecule has 2 nitrogen and oxygen atoms in total. The van der Waals surface area contributed by atoms with Gasteiger partial charge in [0.2, 0.25) is 0 Å². The molecular formula is C22H21NO. The Labute approximate surface area is 143 Å². The van der Waals surface area contributed by atoms with Crippen LogP contribution in [0, 0.1) is 0 Å². The molecular weight excluding hydrogens is 294 g/mol. The Morgan fingerprint density at radius 3 is 2.25 bits per heavy atom. The van der Waals surface area contributed by atoms with Crippen molar-refractivity contribution >= 4 is 0 Å². The van der Waals surface area contributed by atoms with E-state index in [1.165, 1.54) is 22.3 Å². The van der Waals surface area contributed by atoms with Gasteiger partial charge in [-0.25, -0.2) is 0 Å². The van der Waals surface area contributed by atoms with Crippen LogP contribution in [-0.4, -0.2) is 18.5 Å². The van der Waals surface area contributed by atoms with Gasteiger partial charge in [-0.15, -0.1) is 0 Å². The second-order valence-corrected chi connectivity index (χ2v) is 6.41. The lowest BCUT2D eigenvalue weighted by Gasteiger charge is -2.25. The van der Waals surface area contributed by atoms with Gasteiger partial charge in [0.25, 0.3) is 0 Å². The summed E-state index contributed by atoms with van der Waals surface area (Å²) in [6.45, 7) is 2.14. The molecule has 2 heteroatoms. The Kier molecular flexibility index (Phi) is 4.06. The molecule has 0 fully saturated rings. The third kappa shape index (κ3) is 3.19. The predicted molar refractivity (Wildman–Crippen MR) is 98.4 cm³/mol. The van der Waals surface area contributed by atoms with Crippen LogP contribution in [0.4, 0.5) is 0 Å². The number of rotatable bonds is 3. The van der Waals surface area contributed by atoms with Gasteiger partial charge in [-0.05, 0) is 60.0 Å². The van der Waals surface area contributed by atoms with Crippen LogP contribution < -0.4 is 4.74 Å². The van der Waals surface area contributed by atoms with E-state index in [1.54, 1.807) is 0 Å². The first-order valence-corrected chi connectivity index (χ1v) is 8.42. The number of hydrogen-bond donors (Lipinski definition) is 0. The third-order valence-corrected chi connectivity index (χ3v) is 4.58. The topological polar surface area (TPSA) is 12.5 Å². The number of nitrogens with zero attached hydrogens (tertiary/aromatic N) is 1. The molecule has 0 N–H and O–H groups in total. The molecule has 0 radical (unpaired) electrons. The van der Waals surface area contributed by atoms with Crippen molar-refractivity contribution < 1.29 is 4.74 Å². The number of ether oxygens (including phenoxy) is 1. The fourth-order valence-corrected chi connectivity index (χ4v) is 3.22. The number of fused-ring (bicyclic) bond motifs is 1. The average molecular weight is 315 g/mol. The van der Waals surface area contributed by atoms with Gasteiger partial charge >= 0.3 is 0 Å². The lowest BCUT2D eigenvalue weighted by molar-refractivity contribution is 0.312. The molecule has 0 saturated heterocycles. The summed E-state index contributed by atoms with van der Waals surface area (Å²) in [5, 5.41) is 0. The Morgan fingerprint density at radius 2 is 1.46 bits per heavy atom. The Hall–Kier alpha value is -2.58. The van der Waals surface area contributed by atoms with Crippen molar-refractivity contribution in [2.24, 2.45) is 0 Å². The Morgan fingerprint density at radius 1 is 0.750 bits per heavy atom. The van der Waals surface area contributed by atoms with Crippen molar-refractivity contribution in [2.45, 2.75) is 13.0 Å². The first-order valence-electron chi connectivity index (χ1n) is 8.42. The van der Waals surface area contributed by atoms with Crippen LogP contribution in [0.15, 0.2) is 72.8 Å². The summed E-state index contributed by atoms with van der Waals surface area (Å²) in [4.78, 5) is 2.35. The summed E-state index contributed by atoms with van der Waals surface area (Å²) in [6, 6.07) is 25.1. The van der Waals surface area contributed by atoms with Crippen molar-refractivity contribution in [3.05, 3.63) is 83.9 Å². The highest BCUT2D eigenvalue weighted by Crippen LogP contribution is 2.28. The van der Waals surface area contributed by atoms with Crippen LogP contribution in [0.1, 0.15) is 11.1 Å². The van der Waals surface area contributed by atoms with E-state index in [1.807, 2.05) is 18.2 Å². The van der Waals surface area contributed by atoms with Crippen molar-refractivity contribution in [2.75, 3.05) is 13.6 Å². The first kappa shape index (κ1) is 15.0. The van der Waals surface area contributed by atoms with Crippen LogP contribution in [-0.2, 0) is 13.0 Å². The molecule has 24 heavy (non-hydrogen) atoms. The highest BCUT2D eigenvalue weighted by molar-refractivity contribution is 5.64. The molecule has 4 rings (SSSR count). The van der Waals surface area contributed by atoms with Gasteiger partial charge in [-0.1, -0.05) is 48.5 Å². The minimum Gasteiger partial charge on any atom is -0.457 e. The van der Waals surface area contributed by atoms with Crippen LogP contribution in [0.25, 0.3) is 11.1 Å². The van der Waals surface area contributed by atoms with Gasteiger partial charge < -0.3 is 9.64 Å². The molecule has 0 aromatic heterocycles. The SMILES string of the molecule is CN1CCc2cc(Oc3ccc(-c4ccccc4)cc3)ccc2C1. The molecule has 3 aromatic carbocycles. The van der Waals surface area contributed by atoms with Gasteiger partial charge in [0.1, 0.15) is 11.5 Å². The van der Waals surface area contributed by atoms with Crippen LogP contribution in [0.3, 0.4) is 0 Å². The average Bonchev–Trinajstić information content (AvgIpc) is 2.63. The second kappa shape index (κ2) is 6.50. The van der Waals surface area contributed by atoms with E-state index < -0.39 is 0 Å². The second-order valence-electron chi connectivity index (χ2n) is 6.41. The number of likely N-dealkylation sites (N-methyl/N-ethyl adjacent to an activating group) is 1. The fourth-order valence-electron chi connectivity index (χ4n) is 3.22. The maximum absolute atomic E-state index is 6.05. The molecule has 0 atom stereocenters. The van der Waals surface area contributed by atoms with Crippen molar-refractivity contribution in [3.63, 3.8) is 0 Å². The van der Waals surface area contributed by atoms with Gasteiger partial charge in [-0.3, -0.25) is 0 Å². The Balaban J connectivity index is 1.51. The highest BCUT2D eigenvalue weighted by Gasteiger charge is 2.13. The lowest BCUT2D eigenvalue weighted by Crippen LogP contribution is -2.26. The molecule has 0 amide bonds. The van der Waals surface area contributed by atoms with Gasteiger partial charge in [0.05, 0.1) is 0 Å². The molecule has 0 saturated carbocycles. The number of benzene rings is 3. The van der Waals surface area contributed by atoms with Gasteiger partial charge in [0.15, 0.2) is 0 Å². The van der Waals surface area contributed by atoms with Crippen LogP contribution >= 0.6 is 0 Å². The summed E-state index contributed by atoms with van der Waals surface area (Å²) in [7, 11) is 2.17. The van der Waals surface area contributed by atoms with E-state index >= 15 is 0 Å². The zero-order valence-electron chi connectivity index (χ0n) is 13.9. The zero-order valence-corrected chi connectivity index (χ0v) is 13.9. The van der Waals surface area contributed by atoms with E-state index in [2.05, 4.69) is 66.5 Å². The lowest BCUT2D eigenvalue weighted by atomic mass is 10.00. The monoisotopic (exact) mass is 315 g/mol.